The minimum absolute atomic E-state index is 0.0199. The summed E-state index contributed by atoms with van der Waals surface area (Å²) in [5.74, 6) is -3.67. The molecule has 0 radical (unpaired) electrons. The average molecular weight is 478 g/mol. The molecule has 1 aromatic rings. The van der Waals surface area contributed by atoms with Gasteiger partial charge in [-0.1, -0.05) is 44.2 Å². The number of benzene rings is 1. The van der Waals surface area contributed by atoms with Gasteiger partial charge in [-0.15, -0.1) is 0 Å². The standard InChI is InChI=1S/C23H35N5O6/c1-13(2)11-18(23(33)34)28-20(30)14(3)26-22(32)17(12-15-7-5-4-6-8-15)27-21(31)16(24)9-10-19(25)29/h4-8,13-14,16-18H,9-12,24H2,1-3H3,(H2,25,29)(H,26,32)(H,27,31)(H,28,30)(H,33,34). The van der Waals surface area contributed by atoms with Crippen LogP contribution in [0.4, 0.5) is 0 Å². The number of carboxylic acid groups (broad SMARTS) is 1. The number of hydrogen-bond donors (Lipinski definition) is 6. The Morgan fingerprint density at radius 2 is 1.47 bits per heavy atom. The molecule has 0 aliphatic carbocycles. The third-order valence-electron chi connectivity index (χ3n) is 5.03. The quantitative estimate of drug-likeness (QED) is 0.206. The van der Waals surface area contributed by atoms with Crippen molar-refractivity contribution in [1.82, 2.24) is 16.0 Å². The second kappa shape index (κ2) is 13.9. The van der Waals surface area contributed by atoms with Crippen molar-refractivity contribution in [3.63, 3.8) is 0 Å². The first-order valence-corrected chi connectivity index (χ1v) is 11.1. The van der Waals surface area contributed by atoms with E-state index in [0.717, 1.165) is 5.56 Å². The lowest BCUT2D eigenvalue weighted by molar-refractivity contribution is -0.142. The molecule has 1 rings (SSSR count). The van der Waals surface area contributed by atoms with Crippen molar-refractivity contribution >= 4 is 29.6 Å². The van der Waals surface area contributed by atoms with Crippen LogP contribution in [0.25, 0.3) is 0 Å². The highest BCUT2D eigenvalue weighted by Gasteiger charge is 2.28. The Morgan fingerprint density at radius 1 is 0.882 bits per heavy atom. The summed E-state index contributed by atoms with van der Waals surface area (Å²) in [6.07, 6.45) is 0.298. The highest BCUT2D eigenvalue weighted by Crippen LogP contribution is 2.07. The van der Waals surface area contributed by atoms with Crippen LogP contribution < -0.4 is 27.4 Å². The molecular formula is C23H35N5O6. The lowest BCUT2D eigenvalue weighted by Gasteiger charge is -2.24. The van der Waals surface area contributed by atoms with Gasteiger partial charge in [0, 0.05) is 12.8 Å². The zero-order valence-electron chi connectivity index (χ0n) is 19.7. The molecule has 0 saturated carbocycles. The Balaban J connectivity index is 2.89. The van der Waals surface area contributed by atoms with Crippen LogP contribution in [0.15, 0.2) is 30.3 Å². The number of nitrogens with two attached hydrogens (primary N) is 2. The number of hydrogen-bond acceptors (Lipinski definition) is 6. The number of carbonyl (C=O) groups is 5. The van der Waals surface area contributed by atoms with Crippen LogP contribution in [0.1, 0.15) is 45.6 Å². The molecule has 11 heteroatoms. The van der Waals surface area contributed by atoms with Crippen LogP contribution >= 0.6 is 0 Å². The minimum Gasteiger partial charge on any atom is -0.480 e. The third kappa shape index (κ3) is 10.4. The van der Waals surface area contributed by atoms with E-state index in [1.807, 2.05) is 13.8 Å². The molecule has 4 atom stereocenters. The lowest BCUT2D eigenvalue weighted by Crippen LogP contribution is -2.57. The molecule has 8 N–H and O–H groups in total. The summed E-state index contributed by atoms with van der Waals surface area (Å²) in [6, 6.07) is 4.66. The SMILES string of the molecule is CC(C)CC(NC(=O)C(C)NC(=O)C(Cc1ccccc1)NC(=O)C(N)CCC(N)=O)C(=O)O. The summed E-state index contributed by atoms with van der Waals surface area (Å²) < 4.78 is 0. The Morgan fingerprint density at radius 3 is 2.00 bits per heavy atom. The lowest BCUT2D eigenvalue weighted by atomic mass is 10.0. The molecule has 0 bridgehead atoms. The van der Waals surface area contributed by atoms with E-state index in [1.165, 1.54) is 6.92 Å². The number of aliphatic carboxylic acids is 1. The Hall–Kier alpha value is -3.47. The fraction of sp³-hybridized carbons (Fsp3) is 0.522. The van der Waals surface area contributed by atoms with Gasteiger partial charge in [-0.25, -0.2) is 4.79 Å². The molecule has 188 valence electrons. The zero-order valence-corrected chi connectivity index (χ0v) is 19.7. The van der Waals surface area contributed by atoms with E-state index in [-0.39, 0.29) is 31.6 Å². The van der Waals surface area contributed by atoms with Crippen LogP contribution in [0.2, 0.25) is 0 Å². The van der Waals surface area contributed by atoms with E-state index < -0.39 is 53.8 Å². The summed E-state index contributed by atoms with van der Waals surface area (Å²) in [6.45, 7) is 5.08. The van der Waals surface area contributed by atoms with Crippen molar-refractivity contribution in [1.29, 1.82) is 0 Å². The maximum absolute atomic E-state index is 12.9. The largest absolute Gasteiger partial charge is 0.480 e. The summed E-state index contributed by atoms with van der Waals surface area (Å²) >= 11 is 0. The molecule has 4 amide bonds. The van der Waals surface area contributed by atoms with Gasteiger partial charge in [0.1, 0.15) is 18.1 Å². The van der Waals surface area contributed by atoms with Crippen LogP contribution in [0.5, 0.6) is 0 Å². The first-order valence-electron chi connectivity index (χ1n) is 11.1. The predicted octanol–water partition coefficient (Wildman–Crippen LogP) is -0.573. The highest BCUT2D eigenvalue weighted by atomic mass is 16.4. The summed E-state index contributed by atoms with van der Waals surface area (Å²) in [5.41, 5.74) is 11.7. The molecule has 0 fully saturated rings. The average Bonchev–Trinajstić information content (AvgIpc) is 2.76. The third-order valence-corrected chi connectivity index (χ3v) is 5.03. The van der Waals surface area contributed by atoms with Crippen LogP contribution in [0.3, 0.4) is 0 Å². The van der Waals surface area contributed by atoms with Crippen molar-refractivity contribution in [2.75, 3.05) is 0 Å². The number of nitrogens with one attached hydrogen (secondary N) is 3. The number of carboxylic acids is 1. The van der Waals surface area contributed by atoms with Gasteiger partial charge in [0.2, 0.25) is 23.6 Å². The van der Waals surface area contributed by atoms with Crippen LogP contribution in [-0.4, -0.2) is 58.9 Å². The maximum Gasteiger partial charge on any atom is 0.326 e. The van der Waals surface area contributed by atoms with Gasteiger partial charge < -0.3 is 32.5 Å². The second-order valence-corrected chi connectivity index (χ2v) is 8.62. The van der Waals surface area contributed by atoms with Gasteiger partial charge in [-0.3, -0.25) is 19.2 Å². The Bertz CT molecular complexity index is 861. The molecule has 4 unspecified atom stereocenters. The molecular weight excluding hydrogens is 442 g/mol. The molecule has 0 spiro atoms. The van der Waals surface area contributed by atoms with E-state index in [9.17, 15) is 29.1 Å². The zero-order chi connectivity index (χ0) is 25.8. The minimum atomic E-state index is -1.17. The summed E-state index contributed by atoms with van der Waals surface area (Å²) in [5, 5.41) is 16.8. The van der Waals surface area contributed by atoms with Gasteiger partial charge in [0.05, 0.1) is 6.04 Å². The molecule has 0 aromatic heterocycles. The van der Waals surface area contributed by atoms with Crippen molar-refractivity contribution in [3.05, 3.63) is 35.9 Å². The van der Waals surface area contributed by atoms with Crippen molar-refractivity contribution in [2.45, 2.75) is 70.6 Å². The van der Waals surface area contributed by atoms with Crippen molar-refractivity contribution in [2.24, 2.45) is 17.4 Å². The van der Waals surface area contributed by atoms with E-state index in [0.29, 0.717) is 0 Å². The monoisotopic (exact) mass is 477 g/mol. The topological polar surface area (TPSA) is 194 Å². The van der Waals surface area contributed by atoms with Gasteiger partial charge in [0.15, 0.2) is 0 Å². The molecule has 0 aliphatic heterocycles. The van der Waals surface area contributed by atoms with Gasteiger partial charge in [-0.2, -0.15) is 0 Å². The number of primary amides is 1. The van der Waals surface area contributed by atoms with E-state index in [2.05, 4.69) is 16.0 Å². The first kappa shape index (κ1) is 28.6. The molecule has 0 heterocycles. The van der Waals surface area contributed by atoms with Gasteiger partial charge in [0.25, 0.3) is 0 Å². The number of carbonyl (C=O) groups excluding carboxylic acids is 4. The Kier molecular flexibility index (Phi) is 11.7. The van der Waals surface area contributed by atoms with Gasteiger partial charge in [-0.05, 0) is 31.2 Å². The first-order chi connectivity index (χ1) is 15.9. The molecule has 34 heavy (non-hydrogen) atoms. The van der Waals surface area contributed by atoms with Crippen molar-refractivity contribution < 1.29 is 29.1 Å². The van der Waals surface area contributed by atoms with E-state index in [4.69, 9.17) is 11.5 Å². The Labute approximate surface area is 199 Å². The molecule has 0 aliphatic rings. The van der Waals surface area contributed by atoms with Crippen LogP contribution in [0, 0.1) is 5.92 Å². The normalized spacial score (nSPS) is 14.4. The van der Waals surface area contributed by atoms with E-state index in [1.54, 1.807) is 30.3 Å². The fourth-order valence-electron chi connectivity index (χ4n) is 3.14. The fourth-order valence-corrected chi connectivity index (χ4v) is 3.14. The second-order valence-electron chi connectivity index (χ2n) is 8.62. The predicted molar refractivity (Wildman–Crippen MR) is 125 cm³/mol. The highest BCUT2D eigenvalue weighted by molar-refractivity contribution is 5.94. The van der Waals surface area contributed by atoms with Gasteiger partial charge >= 0.3 is 5.97 Å². The van der Waals surface area contributed by atoms with E-state index >= 15 is 0 Å². The molecule has 0 saturated heterocycles. The summed E-state index contributed by atoms with van der Waals surface area (Å²) in [7, 11) is 0. The number of rotatable bonds is 14. The summed E-state index contributed by atoms with van der Waals surface area (Å²) in [4.78, 5) is 60.3. The molecule has 1 aromatic carbocycles. The number of amides is 4. The molecule has 11 nitrogen and oxygen atoms in total. The smallest absolute Gasteiger partial charge is 0.326 e. The van der Waals surface area contributed by atoms with Crippen molar-refractivity contribution in [3.8, 4) is 0 Å². The maximum atomic E-state index is 12.9. The van der Waals surface area contributed by atoms with Crippen LogP contribution in [-0.2, 0) is 30.4 Å².